The van der Waals surface area contributed by atoms with E-state index in [0.29, 0.717) is 25.1 Å². The van der Waals surface area contributed by atoms with E-state index in [2.05, 4.69) is 16.0 Å². The van der Waals surface area contributed by atoms with Crippen LogP contribution in [0.25, 0.3) is 0 Å². The fourth-order valence-electron chi connectivity index (χ4n) is 5.04. The Morgan fingerprint density at radius 3 is 2.61 bits per heavy atom. The number of rotatable bonds is 10. The number of ether oxygens (including phenoxy) is 1. The smallest absolute Gasteiger partial charge is 0.243 e. The number of thiophene rings is 1. The molecule has 0 bridgehead atoms. The van der Waals surface area contributed by atoms with Crippen molar-refractivity contribution in [2.24, 2.45) is 5.73 Å². The van der Waals surface area contributed by atoms with Crippen molar-refractivity contribution in [1.82, 2.24) is 20.9 Å². The van der Waals surface area contributed by atoms with E-state index in [1.807, 2.05) is 29.6 Å². The minimum Gasteiger partial charge on any atom is -0.497 e. The van der Waals surface area contributed by atoms with Crippen LogP contribution in [0.4, 0.5) is 0 Å². The summed E-state index contributed by atoms with van der Waals surface area (Å²) in [4.78, 5) is 54.3. The number of likely N-dealkylation sites (tertiary alicyclic amines) is 1. The molecule has 5 N–H and O–H groups in total. The van der Waals surface area contributed by atoms with E-state index in [1.54, 1.807) is 24.1 Å². The molecule has 204 valence electrons. The number of hydrogen-bond donors (Lipinski definition) is 4. The predicted octanol–water partition coefficient (Wildman–Crippen LogP) is 0.740. The SMILES string of the molecule is COc1ccc(CC(NC(=O)C2CC(NC(=O)Cc3cccs3)CCN2C(=O)C2CCCN2)C(N)=O)cc1. The van der Waals surface area contributed by atoms with Crippen LogP contribution in [-0.2, 0) is 32.0 Å². The van der Waals surface area contributed by atoms with Gasteiger partial charge in [-0.15, -0.1) is 11.3 Å². The maximum atomic E-state index is 13.6. The van der Waals surface area contributed by atoms with E-state index < -0.39 is 23.9 Å². The van der Waals surface area contributed by atoms with E-state index in [0.717, 1.165) is 23.4 Å². The molecule has 10 nitrogen and oxygen atoms in total. The van der Waals surface area contributed by atoms with E-state index in [9.17, 15) is 19.2 Å². The van der Waals surface area contributed by atoms with Crippen LogP contribution < -0.4 is 26.4 Å². The molecule has 1 aromatic heterocycles. The summed E-state index contributed by atoms with van der Waals surface area (Å²) in [5.74, 6) is -0.690. The van der Waals surface area contributed by atoms with Gasteiger partial charge in [0, 0.05) is 23.9 Å². The summed E-state index contributed by atoms with van der Waals surface area (Å²) in [6, 6.07) is 8.58. The standard InChI is InChI=1S/C27H35N5O5S/c1-37-19-8-6-17(7-9-19)14-22(25(28)34)31-26(35)23-15-18(30-24(33)16-20-4-3-13-38-20)10-12-32(23)27(36)21-5-2-11-29-21/h3-4,6-9,13,18,21-23,29H,2,5,10-12,14-16H2,1H3,(H2,28,34)(H,30,33)(H,31,35). The average molecular weight is 542 g/mol. The summed E-state index contributed by atoms with van der Waals surface area (Å²) in [6.45, 7) is 1.09. The second-order valence-electron chi connectivity index (χ2n) is 9.76. The fraction of sp³-hybridized carbons (Fsp3) is 0.481. The van der Waals surface area contributed by atoms with Crippen LogP contribution >= 0.6 is 11.3 Å². The van der Waals surface area contributed by atoms with Gasteiger partial charge in [0.05, 0.1) is 19.6 Å². The number of nitrogens with one attached hydrogen (secondary N) is 3. The maximum absolute atomic E-state index is 13.6. The number of benzene rings is 1. The molecular formula is C27H35N5O5S. The highest BCUT2D eigenvalue weighted by Gasteiger charge is 2.40. The van der Waals surface area contributed by atoms with Gasteiger partial charge in [0.15, 0.2) is 0 Å². The minimum absolute atomic E-state index is 0.122. The van der Waals surface area contributed by atoms with Crippen LogP contribution in [0.1, 0.15) is 36.1 Å². The lowest BCUT2D eigenvalue weighted by Crippen LogP contribution is -2.61. The van der Waals surface area contributed by atoms with Gasteiger partial charge in [0.2, 0.25) is 23.6 Å². The number of amides is 4. The van der Waals surface area contributed by atoms with Gasteiger partial charge in [-0.1, -0.05) is 18.2 Å². The van der Waals surface area contributed by atoms with Gasteiger partial charge < -0.3 is 31.3 Å². The monoisotopic (exact) mass is 541 g/mol. The topological polar surface area (TPSA) is 143 Å². The lowest BCUT2D eigenvalue weighted by molar-refractivity contribution is -0.145. The molecule has 2 aliphatic rings. The maximum Gasteiger partial charge on any atom is 0.243 e. The molecule has 2 fully saturated rings. The van der Waals surface area contributed by atoms with Gasteiger partial charge in [0.25, 0.3) is 0 Å². The first-order chi connectivity index (χ1) is 18.3. The highest BCUT2D eigenvalue weighted by molar-refractivity contribution is 7.10. The van der Waals surface area contributed by atoms with Crippen LogP contribution in [0.3, 0.4) is 0 Å². The van der Waals surface area contributed by atoms with Gasteiger partial charge >= 0.3 is 0 Å². The highest BCUT2D eigenvalue weighted by Crippen LogP contribution is 2.22. The number of methoxy groups -OCH3 is 1. The predicted molar refractivity (Wildman–Crippen MR) is 144 cm³/mol. The number of nitrogens with zero attached hydrogens (tertiary/aromatic N) is 1. The Hall–Kier alpha value is -3.44. The molecule has 3 heterocycles. The quantitative estimate of drug-likeness (QED) is 0.350. The number of carbonyl (C=O) groups is 4. The first kappa shape index (κ1) is 27.6. The number of primary amides is 1. The van der Waals surface area contributed by atoms with Gasteiger partial charge in [-0.3, -0.25) is 19.2 Å². The summed E-state index contributed by atoms with van der Waals surface area (Å²) >= 11 is 1.51. The van der Waals surface area contributed by atoms with Crippen molar-refractivity contribution in [2.45, 2.75) is 62.7 Å². The fourth-order valence-corrected chi connectivity index (χ4v) is 5.75. The number of hydrogen-bond acceptors (Lipinski definition) is 7. The first-order valence-electron chi connectivity index (χ1n) is 12.9. The molecular weight excluding hydrogens is 506 g/mol. The molecule has 2 aliphatic heterocycles. The van der Waals surface area contributed by atoms with E-state index in [-0.39, 0.29) is 43.2 Å². The van der Waals surface area contributed by atoms with E-state index in [4.69, 9.17) is 10.5 Å². The third-order valence-electron chi connectivity index (χ3n) is 7.09. The minimum atomic E-state index is -0.953. The van der Waals surface area contributed by atoms with Crippen LogP contribution in [0.15, 0.2) is 41.8 Å². The first-order valence-corrected chi connectivity index (χ1v) is 13.8. The van der Waals surface area contributed by atoms with Gasteiger partial charge in [-0.25, -0.2) is 0 Å². The van der Waals surface area contributed by atoms with E-state index >= 15 is 0 Å². The zero-order valence-corrected chi connectivity index (χ0v) is 22.3. The lowest BCUT2D eigenvalue weighted by Gasteiger charge is -2.40. The zero-order valence-electron chi connectivity index (χ0n) is 21.5. The molecule has 4 atom stereocenters. The van der Waals surface area contributed by atoms with Crippen LogP contribution in [0.5, 0.6) is 5.75 Å². The lowest BCUT2D eigenvalue weighted by atomic mass is 9.94. The Morgan fingerprint density at radius 2 is 1.97 bits per heavy atom. The van der Waals surface area contributed by atoms with Crippen molar-refractivity contribution < 1.29 is 23.9 Å². The molecule has 4 amide bonds. The third-order valence-corrected chi connectivity index (χ3v) is 7.96. The largest absolute Gasteiger partial charge is 0.497 e. The molecule has 0 aliphatic carbocycles. The number of piperidine rings is 1. The summed E-state index contributed by atoms with van der Waals surface area (Å²) < 4.78 is 5.18. The summed E-state index contributed by atoms with van der Waals surface area (Å²) in [5, 5.41) is 10.9. The Labute approximate surface area is 226 Å². The van der Waals surface area contributed by atoms with Gasteiger partial charge in [-0.2, -0.15) is 0 Å². The Balaban J connectivity index is 1.46. The molecule has 4 unspecified atom stereocenters. The Kier molecular flexibility index (Phi) is 9.35. The second-order valence-corrected chi connectivity index (χ2v) is 10.8. The Morgan fingerprint density at radius 1 is 1.18 bits per heavy atom. The van der Waals surface area contributed by atoms with Crippen molar-refractivity contribution in [3.8, 4) is 5.75 Å². The normalized spacial score (nSPS) is 21.9. The molecule has 2 aromatic rings. The van der Waals surface area contributed by atoms with Crippen LogP contribution in [-0.4, -0.2) is 72.9 Å². The summed E-state index contributed by atoms with van der Waals surface area (Å²) in [5.41, 5.74) is 6.45. The zero-order chi connectivity index (χ0) is 27.1. The van der Waals surface area contributed by atoms with Crippen LogP contribution in [0, 0.1) is 0 Å². The summed E-state index contributed by atoms with van der Waals surface area (Å²) in [6.07, 6.45) is 2.89. The van der Waals surface area contributed by atoms with Crippen molar-refractivity contribution in [2.75, 3.05) is 20.2 Å². The average Bonchev–Trinajstić information content (AvgIpc) is 3.63. The molecule has 1 aromatic carbocycles. The van der Waals surface area contributed by atoms with Crippen molar-refractivity contribution in [3.63, 3.8) is 0 Å². The van der Waals surface area contributed by atoms with Crippen LogP contribution in [0.2, 0.25) is 0 Å². The van der Waals surface area contributed by atoms with Gasteiger partial charge in [0.1, 0.15) is 17.8 Å². The van der Waals surface area contributed by atoms with E-state index in [1.165, 1.54) is 11.3 Å². The second kappa shape index (κ2) is 12.9. The number of nitrogens with two attached hydrogens (primary N) is 1. The van der Waals surface area contributed by atoms with Crippen molar-refractivity contribution >= 4 is 35.0 Å². The molecule has 0 spiro atoms. The number of carbonyl (C=O) groups excluding carboxylic acids is 4. The molecule has 0 radical (unpaired) electrons. The highest BCUT2D eigenvalue weighted by atomic mass is 32.1. The molecule has 11 heteroatoms. The molecule has 4 rings (SSSR count). The molecule has 2 saturated heterocycles. The molecule has 0 saturated carbocycles. The van der Waals surface area contributed by atoms with Crippen molar-refractivity contribution in [3.05, 3.63) is 52.2 Å². The summed E-state index contributed by atoms with van der Waals surface area (Å²) in [7, 11) is 1.57. The van der Waals surface area contributed by atoms with Gasteiger partial charge in [-0.05, 0) is 61.4 Å². The third kappa shape index (κ3) is 7.11. The molecule has 38 heavy (non-hydrogen) atoms. The van der Waals surface area contributed by atoms with Crippen molar-refractivity contribution in [1.29, 1.82) is 0 Å². The Bertz CT molecular complexity index is 1120.